The zero-order valence-corrected chi connectivity index (χ0v) is 15.1. The van der Waals surface area contributed by atoms with Crippen molar-refractivity contribution in [2.45, 2.75) is 40.2 Å². The number of pyridine rings is 1. The molecule has 0 spiro atoms. The molecule has 2 rings (SSSR count). The van der Waals surface area contributed by atoms with E-state index in [0.29, 0.717) is 0 Å². The van der Waals surface area contributed by atoms with Crippen LogP contribution in [0, 0.1) is 13.8 Å². The van der Waals surface area contributed by atoms with Crippen LogP contribution in [0.5, 0.6) is 0 Å². The van der Waals surface area contributed by atoms with Crippen molar-refractivity contribution in [3.63, 3.8) is 0 Å². The molecule has 0 amide bonds. The number of hydrogen-bond donors (Lipinski definition) is 2. The number of aliphatic imine (C=N–C) groups is 1. The summed E-state index contributed by atoms with van der Waals surface area (Å²) in [6.07, 6.45) is 2.82. The summed E-state index contributed by atoms with van der Waals surface area (Å²) in [5.41, 5.74) is 4.85. The summed E-state index contributed by atoms with van der Waals surface area (Å²) in [6, 6.07) is 12.8. The van der Waals surface area contributed by atoms with Crippen LogP contribution in [0.2, 0.25) is 0 Å². The first-order valence-electron chi connectivity index (χ1n) is 8.62. The smallest absolute Gasteiger partial charge is 0.191 e. The molecule has 0 aliphatic heterocycles. The third-order valence-corrected chi connectivity index (χ3v) is 4.00. The number of rotatable bonds is 6. The fourth-order valence-corrected chi connectivity index (χ4v) is 2.62. The Morgan fingerprint density at radius 1 is 1.17 bits per heavy atom. The minimum absolute atomic E-state index is 0.213. The average Bonchev–Trinajstić information content (AvgIpc) is 2.57. The second-order valence-corrected chi connectivity index (χ2v) is 6.04. The van der Waals surface area contributed by atoms with E-state index in [0.717, 1.165) is 31.2 Å². The molecule has 0 radical (unpaired) electrons. The van der Waals surface area contributed by atoms with Crippen molar-refractivity contribution in [3.05, 3.63) is 65.0 Å². The van der Waals surface area contributed by atoms with Gasteiger partial charge in [0.1, 0.15) is 0 Å². The van der Waals surface area contributed by atoms with E-state index in [4.69, 9.17) is 4.99 Å². The fraction of sp³-hybridized carbons (Fsp3) is 0.400. The Morgan fingerprint density at radius 3 is 2.62 bits per heavy atom. The summed E-state index contributed by atoms with van der Waals surface area (Å²) in [4.78, 5) is 9.02. The molecule has 0 saturated carbocycles. The van der Waals surface area contributed by atoms with Gasteiger partial charge in [-0.25, -0.2) is 0 Å². The topological polar surface area (TPSA) is 49.3 Å². The monoisotopic (exact) mass is 324 g/mol. The molecule has 1 aromatic heterocycles. The maximum Gasteiger partial charge on any atom is 0.191 e. The first kappa shape index (κ1) is 18.0. The highest BCUT2D eigenvalue weighted by Gasteiger charge is 2.09. The van der Waals surface area contributed by atoms with Crippen molar-refractivity contribution < 1.29 is 0 Å². The molecule has 0 saturated heterocycles. The molecule has 2 N–H and O–H groups in total. The number of nitrogens with zero attached hydrogens (tertiary/aromatic N) is 2. The van der Waals surface area contributed by atoms with Gasteiger partial charge in [-0.3, -0.25) is 9.98 Å². The third-order valence-electron chi connectivity index (χ3n) is 4.00. The predicted molar refractivity (Wildman–Crippen MR) is 101 cm³/mol. The quantitative estimate of drug-likeness (QED) is 0.631. The van der Waals surface area contributed by atoms with E-state index in [1.165, 1.54) is 16.7 Å². The van der Waals surface area contributed by atoms with Gasteiger partial charge in [-0.2, -0.15) is 0 Å². The van der Waals surface area contributed by atoms with E-state index >= 15 is 0 Å². The first-order valence-corrected chi connectivity index (χ1v) is 8.62. The molecule has 0 fully saturated rings. The molecule has 128 valence electrons. The van der Waals surface area contributed by atoms with E-state index in [1.807, 2.05) is 19.2 Å². The Bertz CT molecular complexity index is 662. The van der Waals surface area contributed by atoms with Crippen LogP contribution >= 0.6 is 0 Å². The highest BCUT2D eigenvalue weighted by atomic mass is 15.2. The van der Waals surface area contributed by atoms with Crippen molar-refractivity contribution in [3.8, 4) is 0 Å². The van der Waals surface area contributed by atoms with E-state index in [-0.39, 0.29) is 6.04 Å². The number of aryl methyl sites for hydroxylation is 2. The fourth-order valence-electron chi connectivity index (χ4n) is 2.62. The minimum atomic E-state index is 0.213. The molecule has 0 aliphatic rings. The normalized spacial score (nSPS) is 12.8. The maximum absolute atomic E-state index is 4.69. The number of guanidine groups is 1. The van der Waals surface area contributed by atoms with Crippen LogP contribution in [-0.4, -0.2) is 24.0 Å². The second kappa shape index (κ2) is 9.06. The highest BCUT2D eigenvalue weighted by molar-refractivity contribution is 5.80. The van der Waals surface area contributed by atoms with Crippen LogP contribution in [0.1, 0.15) is 42.3 Å². The molecule has 2 aromatic rings. The van der Waals surface area contributed by atoms with E-state index in [1.54, 1.807) is 0 Å². The van der Waals surface area contributed by atoms with Crippen molar-refractivity contribution in [1.29, 1.82) is 0 Å². The third kappa shape index (κ3) is 5.37. The standard InChI is InChI=1S/C20H28N4/c1-5-21-20(22-13-12-18-11-10-16(3)23-14-18)24-17(4)19-9-7-6-8-15(19)2/h6-11,14,17H,5,12-13H2,1-4H3,(H2,21,22,24). The molecular formula is C20H28N4. The molecule has 0 aliphatic carbocycles. The number of hydrogen-bond acceptors (Lipinski definition) is 2. The Morgan fingerprint density at radius 2 is 1.96 bits per heavy atom. The van der Waals surface area contributed by atoms with Crippen molar-refractivity contribution >= 4 is 5.96 Å². The lowest BCUT2D eigenvalue weighted by molar-refractivity contribution is 0.682. The van der Waals surface area contributed by atoms with E-state index in [2.05, 4.69) is 66.7 Å². The van der Waals surface area contributed by atoms with Gasteiger partial charge in [-0.05, 0) is 56.9 Å². The van der Waals surface area contributed by atoms with Crippen molar-refractivity contribution in [2.24, 2.45) is 4.99 Å². The van der Waals surface area contributed by atoms with Gasteiger partial charge >= 0.3 is 0 Å². The van der Waals surface area contributed by atoms with Crippen LogP contribution in [0.3, 0.4) is 0 Å². The molecule has 1 atom stereocenters. The number of benzene rings is 1. The van der Waals surface area contributed by atoms with E-state index in [9.17, 15) is 0 Å². The molecular weight excluding hydrogens is 296 g/mol. The summed E-state index contributed by atoms with van der Waals surface area (Å²) < 4.78 is 0. The Kier molecular flexibility index (Phi) is 6.79. The zero-order valence-electron chi connectivity index (χ0n) is 15.1. The lowest BCUT2D eigenvalue weighted by atomic mass is 10.0. The van der Waals surface area contributed by atoms with Crippen LogP contribution in [0.15, 0.2) is 47.6 Å². The lowest BCUT2D eigenvalue weighted by Gasteiger charge is -2.19. The number of nitrogens with one attached hydrogen (secondary N) is 2. The Labute approximate surface area is 145 Å². The summed E-state index contributed by atoms with van der Waals surface area (Å²) in [5, 5.41) is 6.82. The summed E-state index contributed by atoms with van der Waals surface area (Å²) in [7, 11) is 0. The summed E-state index contributed by atoms with van der Waals surface area (Å²) in [6.45, 7) is 9.97. The molecule has 4 nitrogen and oxygen atoms in total. The maximum atomic E-state index is 4.69. The van der Waals surface area contributed by atoms with Crippen molar-refractivity contribution in [1.82, 2.24) is 15.6 Å². The number of aromatic nitrogens is 1. The molecule has 24 heavy (non-hydrogen) atoms. The largest absolute Gasteiger partial charge is 0.357 e. The summed E-state index contributed by atoms with van der Waals surface area (Å²) in [5.74, 6) is 0.855. The lowest BCUT2D eigenvalue weighted by Crippen LogP contribution is -2.39. The van der Waals surface area contributed by atoms with Crippen LogP contribution < -0.4 is 10.6 Å². The van der Waals surface area contributed by atoms with Gasteiger partial charge in [-0.1, -0.05) is 30.3 Å². The van der Waals surface area contributed by atoms with Crippen LogP contribution in [0.4, 0.5) is 0 Å². The van der Waals surface area contributed by atoms with Gasteiger partial charge < -0.3 is 10.6 Å². The Balaban J connectivity index is 1.97. The minimum Gasteiger partial charge on any atom is -0.357 e. The highest BCUT2D eigenvalue weighted by Crippen LogP contribution is 2.16. The predicted octanol–water partition coefficient (Wildman–Crippen LogP) is 3.56. The van der Waals surface area contributed by atoms with Gasteiger partial charge in [-0.15, -0.1) is 0 Å². The molecule has 4 heteroatoms. The average molecular weight is 324 g/mol. The van der Waals surface area contributed by atoms with Crippen LogP contribution in [0.25, 0.3) is 0 Å². The first-order chi connectivity index (χ1) is 11.6. The molecule has 1 aromatic carbocycles. The molecule has 0 bridgehead atoms. The van der Waals surface area contributed by atoms with Crippen LogP contribution in [-0.2, 0) is 6.42 Å². The Hall–Kier alpha value is -2.36. The zero-order chi connectivity index (χ0) is 17.4. The molecule has 1 heterocycles. The van der Waals surface area contributed by atoms with Gasteiger partial charge in [0.2, 0.25) is 0 Å². The van der Waals surface area contributed by atoms with Gasteiger partial charge in [0.25, 0.3) is 0 Å². The van der Waals surface area contributed by atoms with Gasteiger partial charge in [0.05, 0.1) is 6.04 Å². The SMILES string of the molecule is CCNC(=NCCc1ccc(C)nc1)NC(C)c1ccccc1C. The second-order valence-electron chi connectivity index (χ2n) is 6.04. The summed E-state index contributed by atoms with van der Waals surface area (Å²) >= 11 is 0. The molecule has 1 unspecified atom stereocenters. The van der Waals surface area contributed by atoms with Crippen molar-refractivity contribution in [2.75, 3.05) is 13.1 Å². The van der Waals surface area contributed by atoms with Gasteiger partial charge in [0, 0.05) is 25.0 Å². The van der Waals surface area contributed by atoms with E-state index < -0.39 is 0 Å². The van der Waals surface area contributed by atoms with Gasteiger partial charge in [0.15, 0.2) is 5.96 Å².